The number of esters is 1. The molecule has 5 fully saturated rings. The molecule has 182 valence electrons. The maximum atomic E-state index is 13.2. The molecule has 5 aliphatic carbocycles. The molecule has 34 heavy (non-hydrogen) atoms. The molecule has 5 aliphatic rings. The fourth-order valence-electron chi connectivity index (χ4n) is 7.63. The minimum Gasteiger partial charge on any atom is -0.456 e. The highest BCUT2D eigenvalue weighted by Gasteiger charge is 2.51. The molecule has 0 unspecified atom stereocenters. The van der Waals surface area contributed by atoms with Gasteiger partial charge in [0.1, 0.15) is 18.1 Å². The number of hydrogen-bond acceptors (Lipinski definition) is 5. The first-order chi connectivity index (χ1) is 16.6. The van der Waals surface area contributed by atoms with E-state index in [1.165, 1.54) is 25.7 Å². The Morgan fingerprint density at radius 1 is 0.971 bits per heavy atom. The van der Waals surface area contributed by atoms with Crippen LogP contribution in [0, 0.1) is 17.8 Å². The highest BCUT2D eigenvalue weighted by atomic mass is 16.5. The van der Waals surface area contributed by atoms with Crippen LogP contribution in [0.5, 0.6) is 0 Å². The molecule has 1 aromatic heterocycles. The standard InChI is InChI=1S/C28H36N2O4/c31-27(33-17-19-7-3-1-4-8-19)25-24(29-26(30(25)32)23-9-5-2-6-10-23)18-34-28-14-20-11-21(15-28)13-22(12-20)16-28/h1,3-4,7-8,20-23,32H,2,5-6,9-18H2. The number of benzene rings is 1. The zero-order valence-corrected chi connectivity index (χ0v) is 20.0. The molecule has 2 aromatic rings. The first-order valence-electron chi connectivity index (χ1n) is 13.2. The fraction of sp³-hybridized carbons (Fsp3) is 0.643. The second kappa shape index (κ2) is 9.03. The number of ether oxygens (including phenoxy) is 2. The van der Waals surface area contributed by atoms with Gasteiger partial charge in [-0.05, 0) is 74.7 Å². The number of rotatable bonds is 7. The number of carbonyl (C=O) groups is 1. The molecular weight excluding hydrogens is 428 g/mol. The normalized spacial score (nSPS) is 30.5. The summed E-state index contributed by atoms with van der Waals surface area (Å²) in [5.41, 5.74) is 1.50. The molecule has 0 aliphatic heterocycles. The Morgan fingerprint density at radius 3 is 2.26 bits per heavy atom. The van der Waals surface area contributed by atoms with Gasteiger partial charge < -0.3 is 14.7 Å². The Kier molecular flexibility index (Phi) is 5.88. The molecule has 1 aromatic carbocycles. The van der Waals surface area contributed by atoms with Gasteiger partial charge in [-0.25, -0.2) is 9.78 Å². The molecule has 7 rings (SSSR count). The molecule has 0 spiro atoms. The maximum Gasteiger partial charge on any atom is 0.360 e. The Labute approximate surface area is 201 Å². The predicted molar refractivity (Wildman–Crippen MR) is 126 cm³/mol. The second-order valence-corrected chi connectivity index (χ2v) is 11.4. The minimum absolute atomic E-state index is 0.0792. The van der Waals surface area contributed by atoms with Gasteiger partial charge in [-0.1, -0.05) is 49.6 Å². The van der Waals surface area contributed by atoms with E-state index in [9.17, 15) is 10.0 Å². The van der Waals surface area contributed by atoms with Gasteiger partial charge in [-0.3, -0.25) is 0 Å². The van der Waals surface area contributed by atoms with E-state index in [-0.39, 0.29) is 30.4 Å². The molecular formula is C28H36N2O4. The summed E-state index contributed by atoms with van der Waals surface area (Å²) in [6, 6.07) is 9.63. The molecule has 5 saturated carbocycles. The summed E-state index contributed by atoms with van der Waals surface area (Å²) in [5.74, 6) is 2.59. The van der Waals surface area contributed by atoms with Crippen molar-refractivity contribution in [2.45, 2.75) is 95.4 Å². The molecule has 4 bridgehead atoms. The lowest BCUT2D eigenvalue weighted by Crippen LogP contribution is -2.51. The second-order valence-electron chi connectivity index (χ2n) is 11.4. The first kappa shape index (κ1) is 22.1. The molecule has 0 saturated heterocycles. The van der Waals surface area contributed by atoms with Crippen LogP contribution in [-0.2, 0) is 22.7 Å². The average Bonchev–Trinajstić information content (AvgIpc) is 3.18. The molecule has 0 amide bonds. The van der Waals surface area contributed by atoms with E-state index >= 15 is 0 Å². The largest absolute Gasteiger partial charge is 0.456 e. The van der Waals surface area contributed by atoms with Crippen LogP contribution in [0.25, 0.3) is 0 Å². The monoisotopic (exact) mass is 464 g/mol. The summed E-state index contributed by atoms with van der Waals surface area (Å²) in [4.78, 5) is 18.0. The van der Waals surface area contributed by atoms with Gasteiger partial charge in [0.15, 0.2) is 5.69 Å². The molecule has 0 radical (unpaired) electrons. The highest BCUT2D eigenvalue weighted by Crippen LogP contribution is 2.57. The summed E-state index contributed by atoms with van der Waals surface area (Å²) >= 11 is 0. The summed E-state index contributed by atoms with van der Waals surface area (Å²) in [6.07, 6.45) is 12.9. The Bertz CT molecular complexity index is 989. The third-order valence-corrected chi connectivity index (χ3v) is 8.83. The van der Waals surface area contributed by atoms with Crippen LogP contribution >= 0.6 is 0 Å². The highest BCUT2D eigenvalue weighted by molar-refractivity contribution is 5.89. The van der Waals surface area contributed by atoms with Crippen molar-refractivity contribution in [2.24, 2.45) is 17.8 Å². The number of imidazole rings is 1. The zero-order chi connectivity index (χ0) is 23.1. The van der Waals surface area contributed by atoms with E-state index in [1.54, 1.807) is 0 Å². The van der Waals surface area contributed by atoms with E-state index in [4.69, 9.17) is 14.5 Å². The Balaban J connectivity index is 1.23. The average molecular weight is 465 g/mol. The van der Waals surface area contributed by atoms with Crippen LogP contribution in [0.2, 0.25) is 0 Å². The predicted octanol–water partition coefficient (Wildman–Crippen LogP) is 6.01. The quantitative estimate of drug-likeness (QED) is 0.401. The minimum atomic E-state index is -0.537. The SMILES string of the molecule is O=C(OCc1ccccc1)c1c(COC23CC4CC(CC(C4)C2)C3)nc(C2CCCCC2)n1O. The number of aromatic nitrogens is 2. The van der Waals surface area contributed by atoms with Gasteiger partial charge in [0, 0.05) is 5.92 Å². The van der Waals surface area contributed by atoms with E-state index in [1.807, 2.05) is 30.3 Å². The lowest BCUT2D eigenvalue weighted by Gasteiger charge is -2.56. The van der Waals surface area contributed by atoms with E-state index < -0.39 is 5.97 Å². The smallest absolute Gasteiger partial charge is 0.360 e. The summed E-state index contributed by atoms with van der Waals surface area (Å²) < 4.78 is 13.3. The Hall–Kier alpha value is -2.34. The van der Waals surface area contributed by atoms with E-state index in [0.717, 1.165) is 73.0 Å². The van der Waals surface area contributed by atoms with Crippen LogP contribution < -0.4 is 0 Å². The maximum absolute atomic E-state index is 13.2. The van der Waals surface area contributed by atoms with E-state index in [0.29, 0.717) is 11.5 Å². The summed E-state index contributed by atoms with van der Waals surface area (Å²) in [7, 11) is 0. The van der Waals surface area contributed by atoms with Gasteiger partial charge in [0.05, 0.1) is 12.2 Å². The fourth-order valence-corrected chi connectivity index (χ4v) is 7.63. The van der Waals surface area contributed by atoms with Gasteiger partial charge in [-0.2, -0.15) is 4.73 Å². The lowest BCUT2D eigenvalue weighted by molar-refractivity contribution is -0.169. The zero-order valence-electron chi connectivity index (χ0n) is 20.0. The molecule has 1 heterocycles. The van der Waals surface area contributed by atoms with Crippen molar-refractivity contribution in [3.63, 3.8) is 0 Å². The van der Waals surface area contributed by atoms with Gasteiger partial charge in [-0.15, -0.1) is 0 Å². The first-order valence-corrected chi connectivity index (χ1v) is 13.2. The molecule has 6 nitrogen and oxygen atoms in total. The van der Waals surface area contributed by atoms with Crippen LogP contribution in [0.15, 0.2) is 30.3 Å². The molecule has 1 N–H and O–H groups in total. The van der Waals surface area contributed by atoms with Crippen LogP contribution in [0.1, 0.15) is 104 Å². The van der Waals surface area contributed by atoms with Crippen molar-refractivity contribution in [1.82, 2.24) is 9.71 Å². The molecule has 0 atom stereocenters. The van der Waals surface area contributed by atoms with Crippen molar-refractivity contribution in [2.75, 3.05) is 0 Å². The third-order valence-electron chi connectivity index (χ3n) is 8.83. The van der Waals surface area contributed by atoms with Crippen molar-refractivity contribution in [1.29, 1.82) is 0 Å². The van der Waals surface area contributed by atoms with Crippen molar-refractivity contribution in [3.8, 4) is 0 Å². The Morgan fingerprint density at radius 2 is 1.62 bits per heavy atom. The third kappa shape index (κ3) is 4.26. The van der Waals surface area contributed by atoms with Crippen molar-refractivity contribution >= 4 is 5.97 Å². The van der Waals surface area contributed by atoms with Crippen molar-refractivity contribution < 1.29 is 19.5 Å². The van der Waals surface area contributed by atoms with Crippen molar-refractivity contribution in [3.05, 3.63) is 53.1 Å². The number of nitrogens with zero attached hydrogens (tertiary/aromatic N) is 2. The summed E-state index contributed by atoms with van der Waals surface area (Å²) in [5, 5.41) is 11.1. The van der Waals surface area contributed by atoms with Crippen LogP contribution in [0.3, 0.4) is 0 Å². The lowest BCUT2D eigenvalue weighted by atomic mass is 9.54. The van der Waals surface area contributed by atoms with E-state index in [2.05, 4.69) is 0 Å². The number of hydrogen-bond donors (Lipinski definition) is 1. The van der Waals surface area contributed by atoms with Gasteiger partial charge in [0.25, 0.3) is 0 Å². The van der Waals surface area contributed by atoms with Gasteiger partial charge >= 0.3 is 5.97 Å². The van der Waals surface area contributed by atoms with Crippen LogP contribution in [-0.4, -0.2) is 26.5 Å². The topological polar surface area (TPSA) is 73.6 Å². The van der Waals surface area contributed by atoms with Crippen LogP contribution in [0.4, 0.5) is 0 Å². The van der Waals surface area contributed by atoms with Gasteiger partial charge in [0.2, 0.25) is 0 Å². The molecule has 6 heteroatoms. The number of carbonyl (C=O) groups excluding carboxylic acids is 1. The summed E-state index contributed by atoms with van der Waals surface area (Å²) in [6.45, 7) is 0.425.